The third kappa shape index (κ3) is 4.92. The fraction of sp³-hybridized carbons (Fsp3) is 0.467. The summed E-state index contributed by atoms with van der Waals surface area (Å²) in [6.45, 7) is 8.02. The van der Waals surface area contributed by atoms with E-state index in [-0.39, 0.29) is 12.5 Å². The number of benzene rings is 1. The van der Waals surface area contributed by atoms with Crippen LogP contribution in [0.15, 0.2) is 30.6 Å². The maximum atomic E-state index is 11.7. The fourth-order valence-electron chi connectivity index (χ4n) is 2.12. The molecule has 0 aliphatic heterocycles. The molecule has 22 heavy (non-hydrogen) atoms. The van der Waals surface area contributed by atoms with E-state index in [1.807, 2.05) is 0 Å². The largest absolute Gasteiger partial charge is 0.350 e. The normalized spacial score (nSPS) is 10.9. The Morgan fingerprint density at radius 2 is 1.86 bits per heavy atom. The smallest absolute Gasteiger partial charge is 0.242 e. The van der Waals surface area contributed by atoms with E-state index in [1.165, 1.54) is 16.6 Å². The minimum atomic E-state index is -0.112. The standard InChI is InChI=1S/C15H22N6O/c1-3-20(4-2)10-14-7-5-13(6-8-14)9-16-15(22)11-21-12-17-18-19-21/h5-8,12H,3-4,9-11H2,1-2H3,(H,16,22). The van der Waals surface area contributed by atoms with Crippen molar-refractivity contribution in [1.82, 2.24) is 30.4 Å². The second-order valence-corrected chi connectivity index (χ2v) is 5.06. The number of hydrogen-bond acceptors (Lipinski definition) is 5. The second kappa shape index (κ2) is 8.23. The van der Waals surface area contributed by atoms with Gasteiger partial charge in [-0.3, -0.25) is 9.69 Å². The summed E-state index contributed by atoms with van der Waals surface area (Å²) in [7, 11) is 0. The quantitative estimate of drug-likeness (QED) is 0.782. The van der Waals surface area contributed by atoms with Gasteiger partial charge in [-0.15, -0.1) is 5.10 Å². The first-order valence-corrected chi connectivity index (χ1v) is 7.49. The van der Waals surface area contributed by atoms with Gasteiger partial charge in [-0.25, -0.2) is 4.68 Å². The third-order valence-electron chi connectivity index (χ3n) is 3.51. The van der Waals surface area contributed by atoms with Gasteiger partial charge in [0.15, 0.2) is 0 Å². The summed E-state index contributed by atoms with van der Waals surface area (Å²) in [5, 5.41) is 13.5. The SMILES string of the molecule is CCN(CC)Cc1ccc(CNC(=O)Cn2cnnn2)cc1. The zero-order valence-corrected chi connectivity index (χ0v) is 13.1. The number of rotatable bonds is 8. The van der Waals surface area contributed by atoms with Crippen LogP contribution in [0.5, 0.6) is 0 Å². The van der Waals surface area contributed by atoms with Crippen molar-refractivity contribution in [3.8, 4) is 0 Å². The number of hydrogen-bond donors (Lipinski definition) is 1. The molecular weight excluding hydrogens is 280 g/mol. The van der Waals surface area contributed by atoms with Gasteiger partial charge in [-0.2, -0.15) is 0 Å². The molecule has 118 valence electrons. The van der Waals surface area contributed by atoms with Crippen LogP contribution in [0.4, 0.5) is 0 Å². The summed E-state index contributed by atoms with van der Waals surface area (Å²) < 4.78 is 1.39. The summed E-state index contributed by atoms with van der Waals surface area (Å²) in [6, 6.07) is 8.33. The molecule has 0 unspecified atom stereocenters. The second-order valence-electron chi connectivity index (χ2n) is 5.06. The number of carbonyl (C=O) groups excluding carboxylic acids is 1. The lowest BCUT2D eigenvalue weighted by atomic mass is 10.1. The Labute approximate surface area is 130 Å². The highest BCUT2D eigenvalue weighted by Gasteiger charge is 2.04. The highest BCUT2D eigenvalue weighted by Crippen LogP contribution is 2.07. The molecule has 7 nitrogen and oxygen atoms in total. The maximum Gasteiger partial charge on any atom is 0.242 e. The van der Waals surface area contributed by atoms with Crippen molar-refractivity contribution in [2.45, 2.75) is 33.5 Å². The predicted octanol–water partition coefficient (Wildman–Crippen LogP) is 0.831. The lowest BCUT2D eigenvalue weighted by molar-refractivity contribution is -0.122. The third-order valence-corrected chi connectivity index (χ3v) is 3.51. The number of amides is 1. The topological polar surface area (TPSA) is 75.9 Å². The van der Waals surface area contributed by atoms with Gasteiger partial charge in [-0.1, -0.05) is 38.1 Å². The molecule has 7 heteroatoms. The average molecular weight is 302 g/mol. The van der Waals surface area contributed by atoms with Crippen LogP contribution in [-0.2, 0) is 24.4 Å². The molecule has 0 spiro atoms. The van der Waals surface area contributed by atoms with Crippen LogP contribution < -0.4 is 5.32 Å². The van der Waals surface area contributed by atoms with Gasteiger partial charge in [-0.05, 0) is 34.6 Å². The molecule has 2 rings (SSSR count). The molecule has 1 aromatic heterocycles. The molecular formula is C15H22N6O. The van der Waals surface area contributed by atoms with E-state index in [0.29, 0.717) is 6.54 Å². The first-order chi connectivity index (χ1) is 10.7. The van der Waals surface area contributed by atoms with E-state index in [1.54, 1.807) is 0 Å². The van der Waals surface area contributed by atoms with Crippen LogP contribution in [0.25, 0.3) is 0 Å². The molecule has 0 aliphatic carbocycles. The molecule has 0 fully saturated rings. The highest BCUT2D eigenvalue weighted by molar-refractivity contribution is 5.75. The molecule has 1 heterocycles. The van der Waals surface area contributed by atoms with Gasteiger partial charge < -0.3 is 5.32 Å². The average Bonchev–Trinajstić information content (AvgIpc) is 3.04. The maximum absolute atomic E-state index is 11.7. The van der Waals surface area contributed by atoms with Crippen LogP contribution in [0.2, 0.25) is 0 Å². The van der Waals surface area contributed by atoms with Crippen molar-refractivity contribution in [3.05, 3.63) is 41.7 Å². The molecule has 0 radical (unpaired) electrons. The molecule has 2 aromatic rings. The molecule has 0 bridgehead atoms. The summed E-state index contributed by atoms with van der Waals surface area (Å²) in [4.78, 5) is 14.1. The Morgan fingerprint density at radius 3 is 2.45 bits per heavy atom. The van der Waals surface area contributed by atoms with Crippen LogP contribution in [-0.4, -0.2) is 44.1 Å². The summed E-state index contributed by atoms with van der Waals surface area (Å²) in [5.74, 6) is -0.112. The minimum Gasteiger partial charge on any atom is -0.350 e. The molecule has 1 amide bonds. The van der Waals surface area contributed by atoms with E-state index in [4.69, 9.17) is 0 Å². The van der Waals surface area contributed by atoms with E-state index >= 15 is 0 Å². The van der Waals surface area contributed by atoms with Crippen LogP contribution in [0.3, 0.4) is 0 Å². The first kappa shape index (κ1) is 16.1. The zero-order valence-electron chi connectivity index (χ0n) is 13.1. The van der Waals surface area contributed by atoms with Crippen LogP contribution in [0, 0.1) is 0 Å². The molecule has 1 aromatic carbocycles. The Balaban J connectivity index is 1.79. The van der Waals surface area contributed by atoms with Gasteiger partial charge >= 0.3 is 0 Å². The summed E-state index contributed by atoms with van der Waals surface area (Å²) in [5.41, 5.74) is 2.36. The van der Waals surface area contributed by atoms with Crippen molar-refractivity contribution >= 4 is 5.91 Å². The number of nitrogens with one attached hydrogen (secondary N) is 1. The van der Waals surface area contributed by atoms with Gasteiger partial charge in [0.05, 0.1) is 0 Å². The molecule has 0 aliphatic rings. The molecule has 0 saturated heterocycles. The summed E-state index contributed by atoms with van der Waals surface area (Å²) >= 11 is 0. The lowest BCUT2D eigenvalue weighted by Gasteiger charge is -2.18. The highest BCUT2D eigenvalue weighted by atomic mass is 16.2. The number of carbonyl (C=O) groups is 1. The van der Waals surface area contributed by atoms with Gasteiger partial charge in [0.25, 0.3) is 0 Å². The van der Waals surface area contributed by atoms with E-state index in [0.717, 1.165) is 25.2 Å². The summed E-state index contributed by atoms with van der Waals surface area (Å²) in [6.07, 6.45) is 1.42. The number of aromatic nitrogens is 4. The molecule has 1 N–H and O–H groups in total. The molecule has 0 atom stereocenters. The Hall–Kier alpha value is -2.28. The Bertz CT molecular complexity index is 562. The van der Waals surface area contributed by atoms with Gasteiger partial charge in [0.1, 0.15) is 12.9 Å². The Kier molecular flexibility index (Phi) is 6.02. The van der Waals surface area contributed by atoms with Crippen molar-refractivity contribution in [1.29, 1.82) is 0 Å². The van der Waals surface area contributed by atoms with Crippen molar-refractivity contribution < 1.29 is 4.79 Å². The predicted molar refractivity (Wildman–Crippen MR) is 82.7 cm³/mol. The van der Waals surface area contributed by atoms with Crippen molar-refractivity contribution in [2.24, 2.45) is 0 Å². The lowest BCUT2D eigenvalue weighted by Crippen LogP contribution is -2.27. The van der Waals surface area contributed by atoms with E-state index in [2.05, 4.69) is 63.9 Å². The monoisotopic (exact) mass is 302 g/mol. The molecule has 0 saturated carbocycles. The number of nitrogens with zero attached hydrogens (tertiary/aromatic N) is 5. The van der Waals surface area contributed by atoms with Crippen molar-refractivity contribution in [3.63, 3.8) is 0 Å². The van der Waals surface area contributed by atoms with Gasteiger partial charge in [0.2, 0.25) is 5.91 Å². The van der Waals surface area contributed by atoms with E-state index < -0.39 is 0 Å². The van der Waals surface area contributed by atoms with Crippen LogP contribution >= 0.6 is 0 Å². The van der Waals surface area contributed by atoms with Gasteiger partial charge in [0, 0.05) is 13.1 Å². The minimum absolute atomic E-state index is 0.112. The van der Waals surface area contributed by atoms with Crippen LogP contribution in [0.1, 0.15) is 25.0 Å². The van der Waals surface area contributed by atoms with Crippen molar-refractivity contribution in [2.75, 3.05) is 13.1 Å². The number of tetrazole rings is 1. The first-order valence-electron chi connectivity index (χ1n) is 7.49. The van der Waals surface area contributed by atoms with E-state index in [9.17, 15) is 4.79 Å². The Morgan fingerprint density at radius 1 is 1.18 bits per heavy atom. The zero-order chi connectivity index (χ0) is 15.8. The fourth-order valence-corrected chi connectivity index (χ4v) is 2.12.